The van der Waals surface area contributed by atoms with Crippen LogP contribution in [0, 0.1) is 0 Å². The number of aliphatic carboxylic acids is 1. The molecule has 0 aliphatic carbocycles. The molecule has 0 amide bonds. The molecule has 1 aromatic rings. The number of methoxy groups -OCH3 is 1. The third-order valence-electron chi connectivity index (χ3n) is 2.86. The molecular formula is C15H21NO3. The van der Waals surface area contributed by atoms with Crippen molar-refractivity contribution in [3.05, 3.63) is 41.5 Å². The fourth-order valence-electron chi connectivity index (χ4n) is 1.73. The van der Waals surface area contributed by atoms with Crippen molar-refractivity contribution in [2.75, 3.05) is 26.8 Å². The molecule has 0 spiro atoms. The van der Waals surface area contributed by atoms with Gasteiger partial charge in [0.2, 0.25) is 0 Å². The van der Waals surface area contributed by atoms with Gasteiger partial charge in [0.05, 0.1) is 6.61 Å². The van der Waals surface area contributed by atoms with E-state index in [-0.39, 0.29) is 0 Å². The van der Waals surface area contributed by atoms with Crippen LogP contribution in [0.25, 0.3) is 6.08 Å². The first-order valence-corrected chi connectivity index (χ1v) is 6.37. The predicted octanol–water partition coefficient (Wildman–Crippen LogP) is 2.25. The van der Waals surface area contributed by atoms with Gasteiger partial charge in [0.15, 0.2) is 0 Å². The van der Waals surface area contributed by atoms with E-state index in [2.05, 4.69) is 11.8 Å². The number of rotatable bonds is 8. The molecule has 0 aliphatic heterocycles. The molecule has 1 aromatic carbocycles. The number of carboxylic acid groups (broad SMARTS) is 1. The number of carboxylic acids is 1. The highest BCUT2D eigenvalue weighted by Crippen LogP contribution is 2.09. The first kappa shape index (κ1) is 15.4. The largest absolute Gasteiger partial charge is 0.478 e. The summed E-state index contributed by atoms with van der Waals surface area (Å²) in [4.78, 5) is 12.7. The molecule has 0 heterocycles. The van der Waals surface area contributed by atoms with E-state index in [1.54, 1.807) is 13.2 Å². The van der Waals surface area contributed by atoms with Crippen molar-refractivity contribution in [2.45, 2.75) is 13.5 Å². The lowest BCUT2D eigenvalue weighted by Gasteiger charge is -2.19. The van der Waals surface area contributed by atoms with Crippen molar-refractivity contribution < 1.29 is 14.6 Å². The van der Waals surface area contributed by atoms with E-state index in [0.717, 1.165) is 37.9 Å². The Bertz CT molecular complexity index is 412. The summed E-state index contributed by atoms with van der Waals surface area (Å²) >= 11 is 0. The molecule has 0 fully saturated rings. The first-order chi connectivity index (χ1) is 9.15. The molecule has 19 heavy (non-hydrogen) atoms. The quantitative estimate of drug-likeness (QED) is 0.731. The Morgan fingerprint density at radius 3 is 2.58 bits per heavy atom. The van der Waals surface area contributed by atoms with E-state index in [0.29, 0.717) is 0 Å². The van der Waals surface area contributed by atoms with Crippen LogP contribution in [0.3, 0.4) is 0 Å². The molecule has 0 aromatic heterocycles. The minimum absolute atomic E-state index is 0.729. The maximum atomic E-state index is 10.4. The summed E-state index contributed by atoms with van der Waals surface area (Å²) in [5, 5.41) is 8.56. The van der Waals surface area contributed by atoms with Gasteiger partial charge < -0.3 is 9.84 Å². The van der Waals surface area contributed by atoms with E-state index in [1.165, 1.54) is 5.56 Å². The minimum atomic E-state index is -0.930. The molecule has 1 N–H and O–H groups in total. The van der Waals surface area contributed by atoms with Gasteiger partial charge in [-0.1, -0.05) is 31.2 Å². The Balaban J connectivity index is 2.57. The summed E-state index contributed by atoms with van der Waals surface area (Å²) in [6, 6.07) is 7.91. The lowest BCUT2D eigenvalue weighted by molar-refractivity contribution is -0.131. The van der Waals surface area contributed by atoms with E-state index in [4.69, 9.17) is 9.84 Å². The topological polar surface area (TPSA) is 49.8 Å². The van der Waals surface area contributed by atoms with Gasteiger partial charge in [-0.25, -0.2) is 4.79 Å². The summed E-state index contributed by atoms with van der Waals surface area (Å²) in [5.74, 6) is -0.930. The average Bonchev–Trinajstić information content (AvgIpc) is 2.42. The van der Waals surface area contributed by atoms with Crippen LogP contribution in [-0.4, -0.2) is 42.8 Å². The van der Waals surface area contributed by atoms with Crippen LogP contribution in [0.2, 0.25) is 0 Å². The number of nitrogens with zero attached hydrogens (tertiary/aromatic N) is 1. The van der Waals surface area contributed by atoms with Gasteiger partial charge in [-0.15, -0.1) is 0 Å². The highest BCUT2D eigenvalue weighted by atomic mass is 16.5. The van der Waals surface area contributed by atoms with Crippen molar-refractivity contribution in [3.8, 4) is 0 Å². The van der Waals surface area contributed by atoms with Gasteiger partial charge in [-0.3, -0.25) is 4.90 Å². The Labute approximate surface area is 114 Å². The number of likely N-dealkylation sites (N-methyl/N-ethyl adjacent to an activating group) is 1. The number of hydrogen-bond donors (Lipinski definition) is 1. The summed E-state index contributed by atoms with van der Waals surface area (Å²) in [6.07, 6.45) is 2.74. The lowest BCUT2D eigenvalue weighted by atomic mass is 10.1. The molecule has 0 saturated carbocycles. The van der Waals surface area contributed by atoms with Crippen molar-refractivity contribution in [2.24, 2.45) is 0 Å². The van der Waals surface area contributed by atoms with E-state index in [1.807, 2.05) is 24.3 Å². The Hall–Kier alpha value is -1.65. The summed E-state index contributed by atoms with van der Waals surface area (Å²) in [5.41, 5.74) is 2.11. The molecule has 0 aliphatic rings. The van der Waals surface area contributed by atoms with Gasteiger partial charge in [0, 0.05) is 26.3 Å². The highest BCUT2D eigenvalue weighted by Gasteiger charge is 2.03. The van der Waals surface area contributed by atoms with Crippen LogP contribution in [0.15, 0.2) is 30.3 Å². The molecule has 0 unspecified atom stereocenters. The third-order valence-corrected chi connectivity index (χ3v) is 2.86. The number of benzene rings is 1. The van der Waals surface area contributed by atoms with Gasteiger partial charge in [0.25, 0.3) is 0 Å². The van der Waals surface area contributed by atoms with Crippen LogP contribution < -0.4 is 0 Å². The average molecular weight is 263 g/mol. The number of ether oxygens (including phenoxy) is 1. The standard InChI is InChI=1S/C15H21NO3/c1-3-16(10-11-19-2)12-14-6-4-13(5-7-14)8-9-15(17)18/h4-9H,3,10-12H2,1-2H3,(H,17,18)/b9-8+. The molecule has 0 saturated heterocycles. The normalized spacial score (nSPS) is 11.3. The van der Waals surface area contributed by atoms with Gasteiger partial charge in [0.1, 0.15) is 0 Å². The van der Waals surface area contributed by atoms with Crippen molar-refractivity contribution in [1.82, 2.24) is 4.90 Å². The van der Waals surface area contributed by atoms with Crippen molar-refractivity contribution >= 4 is 12.0 Å². The van der Waals surface area contributed by atoms with Crippen LogP contribution in [0.1, 0.15) is 18.1 Å². The second-order valence-electron chi connectivity index (χ2n) is 4.27. The van der Waals surface area contributed by atoms with E-state index < -0.39 is 5.97 Å². The lowest BCUT2D eigenvalue weighted by Crippen LogP contribution is -2.26. The molecule has 1 rings (SSSR count). The summed E-state index contributed by atoms with van der Waals surface area (Å²) < 4.78 is 5.08. The van der Waals surface area contributed by atoms with Crippen molar-refractivity contribution in [1.29, 1.82) is 0 Å². The molecule has 0 radical (unpaired) electrons. The summed E-state index contributed by atoms with van der Waals surface area (Å²) in [7, 11) is 1.71. The zero-order valence-corrected chi connectivity index (χ0v) is 11.5. The Kier molecular flexibility index (Phi) is 6.85. The fraction of sp³-hybridized carbons (Fsp3) is 0.400. The summed E-state index contributed by atoms with van der Waals surface area (Å²) in [6.45, 7) is 5.62. The third kappa shape index (κ3) is 6.18. The van der Waals surface area contributed by atoms with E-state index >= 15 is 0 Å². The predicted molar refractivity (Wildman–Crippen MR) is 75.9 cm³/mol. The molecule has 4 nitrogen and oxygen atoms in total. The molecular weight excluding hydrogens is 242 g/mol. The minimum Gasteiger partial charge on any atom is -0.478 e. The second kappa shape index (κ2) is 8.45. The van der Waals surface area contributed by atoms with E-state index in [9.17, 15) is 4.79 Å². The van der Waals surface area contributed by atoms with Gasteiger partial charge in [-0.2, -0.15) is 0 Å². The molecule has 4 heteroatoms. The zero-order valence-electron chi connectivity index (χ0n) is 11.5. The van der Waals surface area contributed by atoms with Crippen molar-refractivity contribution in [3.63, 3.8) is 0 Å². The molecule has 0 bridgehead atoms. The van der Waals surface area contributed by atoms with Gasteiger partial charge >= 0.3 is 5.97 Å². The fourth-order valence-corrected chi connectivity index (χ4v) is 1.73. The van der Waals surface area contributed by atoms with Crippen LogP contribution >= 0.6 is 0 Å². The monoisotopic (exact) mass is 263 g/mol. The first-order valence-electron chi connectivity index (χ1n) is 6.37. The van der Waals surface area contributed by atoms with Gasteiger partial charge in [-0.05, 0) is 23.7 Å². The number of carbonyl (C=O) groups is 1. The Morgan fingerprint density at radius 2 is 2.05 bits per heavy atom. The molecule has 0 atom stereocenters. The maximum Gasteiger partial charge on any atom is 0.328 e. The second-order valence-corrected chi connectivity index (χ2v) is 4.27. The number of hydrogen-bond acceptors (Lipinski definition) is 3. The smallest absolute Gasteiger partial charge is 0.328 e. The van der Waals surface area contributed by atoms with Crippen LogP contribution in [0.5, 0.6) is 0 Å². The highest BCUT2D eigenvalue weighted by molar-refractivity contribution is 5.85. The SMILES string of the molecule is CCN(CCOC)Cc1ccc(/C=C/C(=O)O)cc1. The van der Waals surface area contributed by atoms with Crippen LogP contribution in [-0.2, 0) is 16.1 Å². The van der Waals surface area contributed by atoms with Crippen LogP contribution in [0.4, 0.5) is 0 Å². The molecule has 104 valence electrons. The zero-order chi connectivity index (χ0) is 14.1. The Morgan fingerprint density at radius 1 is 1.37 bits per heavy atom. The maximum absolute atomic E-state index is 10.4.